The van der Waals surface area contributed by atoms with Crippen molar-refractivity contribution in [3.05, 3.63) is 91.3 Å². The van der Waals surface area contributed by atoms with E-state index in [1.165, 1.54) is 36.4 Å². The monoisotopic (exact) mass is 682 g/mol. The van der Waals surface area contributed by atoms with Gasteiger partial charge in [-0.25, -0.2) is 19.9 Å². The van der Waals surface area contributed by atoms with Gasteiger partial charge in [-0.05, 0) is 36.9 Å². The summed E-state index contributed by atoms with van der Waals surface area (Å²) in [4.78, 5) is 34.9. The molecule has 5 aromatic heterocycles. The number of nitrogens with zero attached hydrogens (tertiary/aromatic N) is 10. The van der Waals surface area contributed by atoms with Crippen LogP contribution in [0.1, 0.15) is 16.1 Å². The molecular weight excluding hydrogens is 649 g/mol. The molecule has 252 valence electrons. The number of carbonyl (C=O) groups excluding carboxylic acids is 1. The number of aromatic nitrogens is 9. The Hall–Kier alpha value is -5.72. The fourth-order valence-corrected chi connectivity index (χ4v) is 6.57. The summed E-state index contributed by atoms with van der Waals surface area (Å²) >= 11 is 0. The van der Waals surface area contributed by atoms with E-state index in [1.807, 2.05) is 41.1 Å². The molecule has 6 heterocycles. The minimum Gasteiger partial charge on any atom is -0.368 e. The number of benzene rings is 1. The number of fused-ring (bicyclic) bond motifs is 1. The summed E-state index contributed by atoms with van der Waals surface area (Å²) in [5.41, 5.74) is 3.27. The molecule has 1 aliphatic rings. The fourth-order valence-electron chi connectivity index (χ4n) is 5.52. The Morgan fingerprint density at radius 2 is 1.84 bits per heavy atom. The smallest absolute Gasteiger partial charge is 0.284 e. The summed E-state index contributed by atoms with van der Waals surface area (Å²) in [6.45, 7) is 6.02. The number of nitrogens with one attached hydrogen (secondary N) is 4. The first-order valence-electron chi connectivity index (χ1n) is 15.5. The van der Waals surface area contributed by atoms with Crippen molar-refractivity contribution in [3.63, 3.8) is 0 Å². The second kappa shape index (κ2) is 13.8. The largest absolute Gasteiger partial charge is 0.368 e. The highest BCUT2D eigenvalue weighted by molar-refractivity contribution is 7.89. The van der Waals surface area contributed by atoms with Crippen LogP contribution in [0, 0.1) is 0 Å². The molecule has 4 N–H and O–H groups in total. The summed E-state index contributed by atoms with van der Waals surface area (Å²) in [5, 5.41) is 20.7. The van der Waals surface area contributed by atoms with Crippen molar-refractivity contribution in [1.82, 2.24) is 53.7 Å². The summed E-state index contributed by atoms with van der Waals surface area (Å²) in [6, 6.07) is 12.6. The molecule has 6 aromatic rings. The van der Waals surface area contributed by atoms with Gasteiger partial charge in [-0.3, -0.25) is 14.8 Å². The van der Waals surface area contributed by atoms with Crippen molar-refractivity contribution < 1.29 is 13.2 Å². The zero-order chi connectivity index (χ0) is 33.8. The third kappa shape index (κ3) is 7.10. The van der Waals surface area contributed by atoms with Gasteiger partial charge in [0.1, 0.15) is 42.0 Å². The predicted molar refractivity (Wildman–Crippen MR) is 182 cm³/mol. The van der Waals surface area contributed by atoms with Crippen LogP contribution in [0.2, 0.25) is 0 Å². The molecule has 1 aromatic carbocycles. The van der Waals surface area contributed by atoms with Crippen LogP contribution >= 0.6 is 0 Å². The number of likely N-dealkylation sites (N-methyl/N-ethyl adjacent to an activating group) is 1. The SMILES string of the molecule is CN1CCN(Cc2ccc(NC(=O)c3[nH]ncc3Nc3ncnc4c3ccn4CCNc3cc(S(=O)(=O)n4cncn4)ccn3)cc2)CC1. The van der Waals surface area contributed by atoms with Crippen molar-refractivity contribution in [3.8, 4) is 0 Å². The maximum absolute atomic E-state index is 13.2. The number of piperazine rings is 1. The van der Waals surface area contributed by atoms with Crippen LogP contribution in [-0.2, 0) is 23.1 Å². The summed E-state index contributed by atoms with van der Waals surface area (Å²) < 4.78 is 28.3. The van der Waals surface area contributed by atoms with E-state index in [9.17, 15) is 13.2 Å². The first-order chi connectivity index (χ1) is 23.8. The number of hydrogen-bond acceptors (Lipinski definition) is 13. The molecule has 17 nitrogen and oxygen atoms in total. The molecule has 49 heavy (non-hydrogen) atoms. The van der Waals surface area contributed by atoms with Gasteiger partial charge in [0, 0.05) is 70.0 Å². The third-order valence-electron chi connectivity index (χ3n) is 8.22. The van der Waals surface area contributed by atoms with E-state index >= 15 is 0 Å². The zero-order valence-electron chi connectivity index (χ0n) is 26.6. The van der Waals surface area contributed by atoms with Gasteiger partial charge in [-0.15, -0.1) is 9.19 Å². The van der Waals surface area contributed by atoms with E-state index in [4.69, 9.17) is 0 Å². The standard InChI is InChI=1S/C31H34N14O3S/c1-42-12-14-43(15-13-42)18-22-2-4-23(5-3-22)39-31(46)28-26(17-37-41-28)40-29-25-7-10-44(30(25)36-20-35-29)11-9-34-27-16-24(6-8-33-27)49(47,48)45-21-32-19-38-45/h2-8,10,16-17,19-21H,9,11-15,18H2,1H3,(H,33,34)(H,37,41)(H,39,46)(H,35,36,40). The van der Waals surface area contributed by atoms with E-state index < -0.39 is 10.0 Å². The highest BCUT2D eigenvalue weighted by atomic mass is 32.2. The predicted octanol–water partition coefficient (Wildman–Crippen LogP) is 2.23. The van der Waals surface area contributed by atoms with Gasteiger partial charge in [0.15, 0.2) is 0 Å². The van der Waals surface area contributed by atoms with Crippen LogP contribution in [0.4, 0.5) is 23.0 Å². The van der Waals surface area contributed by atoms with E-state index in [1.54, 1.807) is 0 Å². The van der Waals surface area contributed by atoms with Crippen molar-refractivity contribution >= 4 is 50.0 Å². The molecule has 0 atom stereocenters. The van der Waals surface area contributed by atoms with Crippen LogP contribution in [0.5, 0.6) is 0 Å². The second-order valence-corrected chi connectivity index (χ2v) is 13.4. The lowest BCUT2D eigenvalue weighted by molar-refractivity contribution is 0.102. The van der Waals surface area contributed by atoms with Gasteiger partial charge in [0.05, 0.1) is 22.2 Å². The molecule has 0 saturated carbocycles. The van der Waals surface area contributed by atoms with Crippen molar-refractivity contribution in [2.75, 3.05) is 55.7 Å². The Labute approximate surface area is 281 Å². The normalized spacial score (nSPS) is 14.2. The number of H-pyrrole nitrogens is 1. The van der Waals surface area contributed by atoms with Crippen LogP contribution in [0.3, 0.4) is 0 Å². The first-order valence-corrected chi connectivity index (χ1v) is 17.0. The number of aromatic amines is 1. The average Bonchev–Trinajstić information content (AvgIpc) is 3.90. The maximum atomic E-state index is 13.2. The molecule has 0 bridgehead atoms. The van der Waals surface area contributed by atoms with Crippen molar-refractivity contribution in [2.45, 2.75) is 18.0 Å². The average molecular weight is 683 g/mol. The number of anilines is 4. The molecule has 7 rings (SSSR count). The van der Waals surface area contributed by atoms with E-state index in [2.05, 4.69) is 68.0 Å². The molecule has 1 amide bonds. The van der Waals surface area contributed by atoms with Crippen LogP contribution in [0.15, 0.2) is 84.9 Å². The van der Waals surface area contributed by atoms with Gasteiger partial charge < -0.3 is 25.4 Å². The molecule has 0 aliphatic carbocycles. The maximum Gasteiger partial charge on any atom is 0.284 e. The second-order valence-electron chi connectivity index (χ2n) is 11.6. The number of amides is 1. The van der Waals surface area contributed by atoms with Crippen LogP contribution in [-0.4, -0.2) is 108 Å². The Bertz CT molecular complexity index is 2160. The first kappa shape index (κ1) is 31.9. The quantitative estimate of drug-likeness (QED) is 0.147. The summed E-state index contributed by atoms with van der Waals surface area (Å²) in [5.74, 6) is 0.558. The Morgan fingerprint density at radius 3 is 2.63 bits per heavy atom. The molecular formula is C31H34N14O3S. The minimum atomic E-state index is -3.87. The van der Waals surface area contributed by atoms with Gasteiger partial charge >= 0.3 is 0 Å². The highest BCUT2D eigenvalue weighted by Gasteiger charge is 2.20. The number of hydrogen-bond donors (Lipinski definition) is 4. The lowest BCUT2D eigenvalue weighted by atomic mass is 10.1. The number of pyridine rings is 1. The van der Waals surface area contributed by atoms with E-state index in [0.29, 0.717) is 41.7 Å². The van der Waals surface area contributed by atoms with Gasteiger partial charge in [0.2, 0.25) is 0 Å². The van der Waals surface area contributed by atoms with Crippen LogP contribution in [0.25, 0.3) is 11.0 Å². The zero-order valence-corrected chi connectivity index (χ0v) is 27.4. The highest BCUT2D eigenvalue weighted by Crippen LogP contribution is 2.26. The molecule has 1 saturated heterocycles. The third-order valence-corrected chi connectivity index (χ3v) is 9.75. The minimum absolute atomic E-state index is 0.0345. The molecule has 1 fully saturated rings. The summed E-state index contributed by atoms with van der Waals surface area (Å²) in [6.07, 6.45) is 8.55. The molecule has 0 radical (unpaired) electrons. The van der Waals surface area contributed by atoms with Gasteiger partial charge in [-0.2, -0.15) is 13.5 Å². The Balaban J connectivity index is 0.974. The van der Waals surface area contributed by atoms with Crippen molar-refractivity contribution in [2.24, 2.45) is 0 Å². The van der Waals surface area contributed by atoms with Crippen molar-refractivity contribution in [1.29, 1.82) is 0 Å². The van der Waals surface area contributed by atoms with E-state index in [-0.39, 0.29) is 16.5 Å². The molecule has 0 unspecified atom stereocenters. The lowest BCUT2D eigenvalue weighted by Gasteiger charge is -2.32. The lowest BCUT2D eigenvalue weighted by Crippen LogP contribution is -2.43. The molecule has 0 spiro atoms. The van der Waals surface area contributed by atoms with Gasteiger partial charge in [-0.1, -0.05) is 12.1 Å². The van der Waals surface area contributed by atoms with Gasteiger partial charge in [0.25, 0.3) is 15.9 Å². The Kier molecular flexibility index (Phi) is 8.97. The Morgan fingerprint density at radius 1 is 1.00 bits per heavy atom. The van der Waals surface area contributed by atoms with E-state index in [0.717, 1.165) is 54.9 Å². The molecule has 18 heteroatoms. The fraction of sp³-hybridized carbons (Fsp3) is 0.258. The number of carbonyl (C=O) groups is 1. The topological polar surface area (TPSA) is 197 Å². The molecule has 1 aliphatic heterocycles. The number of rotatable bonds is 12. The summed E-state index contributed by atoms with van der Waals surface area (Å²) in [7, 11) is -1.73. The van der Waals surface area contributed by atoms with Crippen LogP contribution < -0.4 is 16.0 Å².